The number of rotatable bonds is 6. The minimum Gasteiger partial charge on any atom is -0.457 e. The first kappa shape index (κ1) is 21.7. The van der Waals surface area contributed by atoms with Crippen LogP contribution in [0.4, 0.5) is 5.69 Å². The molecule has 4 aromatic rings. The highest BCUT2D eigenvalue weighted by atomic mass is 32.2. The third-order valence-electron chi connectivity index (χ3n) is 5.10. The molecule has 1 aromatic heterocycles. The van der Waals surface area contributed by atoms with E-state index in [0.717, 1.165) is 17.1 Å². The molecular weight excluding hydrogens is 452 g/mol. The van der Waals surface area contributed by atoms with Crippen molar-refractivity contribution < 1.29 is 18.7 Å². The SMILES string of the molecule is O=C(CC1SC(c2cc3ccccc3oc2=O)=NC1=O)Nc1ccc(Oc2ccccc2)cc1. The lowest BCUT2D eigenvalue weighted by atomic mass is 10.2. The summed E-state index contributed by atoms with van der Waals surface area (Å²) in [6.45, 7) is 0. The maximum atomic E-state index is 12.5. The summed E-state index contributed by atoms with van der Waals surface area (Å²) in [4.78, 5) is 41.3. The fourth-order valence-corrected chi connectivity index (χ4v) is 4.53. The number of nitrogens with one attached hydrogen (secondary N) is 1. The topological polar surface area (TPSA) is 98.0 Å². The van der Waals surface area contributed by atoms with Gasteiger partial charge in [0.2, 0.25) is 5.91 Å². The van der Waals surface area contributed by atoms with Crippen LogP contribution in [0.25, 0.3) is 11.0 Å². The van der Waals surface area contributed by atoms with E-state index >= 15 is 0 Å². The van der Waals surface area contributed by atoms with Crippen LogP contribution in [0.2, 0.25) is 0 Å². The minimum absolute atomic E-state index is 0.0717. The lowest BCUT2D eigenvalue weighted by molar-refractivity contribution is -0.121. The number of carbonyl (C=O) groups is 2. The Hall–Kier alpha value is -4.17. The van der Waals surface area contributed by atoms with Gasteiger partial charge in [-0.15, -0.1) is 0 Å². The van der Waals surface area contributed by atoms with Crippen LogP contribution in [-0.4, -0.2) is 22.1 Å². The summed E-state index contributed by atoms with van der Waals surface area (Å²) >= 11 is 1.10. The van der Waals surface area contributed by atoms with Gasteiger partial charge in [-0.3, -0.25) is 9.59 Å². The zero-order valence-corrected chi connectivity index (χ0v) is 18.6. The first-order chi connectivity index (χ1) is 16.5. The Labute approximate surface area is 198 Å². The molecule has 0 bridgehead atoms. The van der Waals surface area contributed by atoms with Gasteiger partial charge in [0.05, 0.1) is 5.56 Å². The highest BCUT2D eigenvalue weighted by molar-refractivity contribution is 8.16. The number of hydrogen-bond donors (Lipinski definition) is 1. The number of para-hydroxylation sites is 2. The van der Waals surface area contributed by atoms with Gasteiger partial charge in [0.25, 0.3) is 5.91 Å². The van der Waals surface area contributed by atoms with Crippen molar-refractivity contribution in [1.82, 2.24) is 0 Å². The van der Waals surface area contributed by atoms with E-state index in [9.17, 15) is 14.4 Å². The molecule has 1 atom stereocenters. The summed E-state index contributed by atoms with van der Waals surface area (Å²) in [7, 11) is 0. The van der Waals surface area contributed by atoms with Gasteiger partial charge >= 0.3 is 5.63 Å². The largest absolute Gasteiger partial charge is 0.457 e. The van der Waals surface area contributed by atoms with Gasteiger partial charge in [0.1, 0.15) is 27.4 Å². The maximum Gasteiger partial charge on any atom is 0.346 e. The Morgan fingerprint density at radius 1 is 0.941 bits per heavy atom. The summed E-state index contributed by atoms with van der Waals surface area (Å²) in [6, 6.07) is 25.1. The quantitative estimate of drug-likeness (QED) is 0.398. The highest BCUT2D eigenvalue weighted by Gasteiger charge is 2.32. The average molecular weight is 471 g/mol. The minimum atomic E-state index is -0.707. The molecule has 0 fully saturated rings. The number of thioether (sulfide) groups is 1. The lowest BCUT2D eigenvalue weighted by Crippen LogP contribution is -2.21. The first-order valence-electron chi connectivity index (χ1n) is 10.5. The molecular formula is C26H18N2O5S. The van der Waals surface area contributed by atoms with Crippen molar-refractivity contribution in [3.63, 3.8) is 0 Å². The third kappa shape index (κ3) is 4.77. The van der Waals surface area contributed by atoms with Crippen molar-refractivity contribution in [1.29, 1.82) is 0 Å². The van der Waals surface area contributed by atoms with E-state index < -0.39 is 16.8 Å². The predicted octanol–water partition coefficient (Wildman–Crippen LogP) is 5.00. The molecule has 168 valence electrons. The van der Waals surface area contributed by atoms with Gasteiger partial charge in [-0.05, 0) is 48.5 Å². The van der Waals surface area contributed by atoms with Gasteiger partial charge in [0, 0.05) is 17.5 Å². The molecule has 8 heteroatoms. The maximum absolute atomic E-state index is 12.5. The second-order valence-electron chi connectivity index (χ2n) is 7.54. The van der Waals surface area contributed by atoms with E-state index in [1.54, 1.807) is 42.5 Å². The van der Waals surface area contributed by atoms with Crippen molar-refractivity contribution in [2.45, 2.75) is 11.7 Å². The third-order valence-corrected chi connectivity index (χ3v) is 6.29. The number of hydrogen-bond acceptors (Lipinski definition) is 6. The molecule has 2 heterocycles. The Morgan fingerprint density at radius 2 is 1.65 bits per heavy atom. The fraction of sp³-hybridized carbons (Fsp3) is 0.0769. The molecule has 0 radical (unpaired) electrons. The number of benzene rings is 3. The fourth-order valence-electron chi connectivity index (χ4n) is 3.46. The van der Waals surface area contributed by atoms with Crippen LogP contribution in [0.15, 0.2) is 99.1 Å². The number of nitrogens with zero attached hydrogens (tertiary/aromatic N) is 1. The highest BCUT2D eigenvalue weighted by Crippen LogP contribution is 2.29. The monoisotopic (exact) mass is 470 g/mol. The van der Waals surface area contributed by atoms with Crippen LogP contribution in [0.1, 0.15) is 12.0 Å². The molecule has 0 saturated heterocycles. The van der Waals surface area contributed by atoms with Crippen molar-refractivity contribution in [3.8, 4) is 11.5 Å². The second-order valence-corrected chi connectivity index (χ2v) is 8.73. The van der Waals surface area contributed by atoms with E-state index in [1.165, 1.54) is 0 Å². The van der Waals surface area contributed by atoms with Crippen LogP contribution < -0.4 is 15.7 Å². The van der Waals surface area contributed by atoms with E-state index in [4.69, 9.17) is 9.15 Å². The summed E-state index contributed by atoms with van der Waals surface area (Å²) in [6.07, 6.45) is -0.0717. The number of ether oxygens (including phenoxy) is 1. The standard InChI is InChI=1S/C26H18N2O5S/c29-23(27-17-10-12-19(13-11-17)32-18-7-2-1-3-8-18)15-22-24(30)28-25(34-22)20-14-16-6-4-5-9-21(16)33-26(20)31/h1-14,22H,15H2,(H,27,29). The van der Waals surface area contributed by atoms with E-state index in [2.05, 4.69) is 10.3 Å². The summed E-state index contributed by atoms with van der Waals surface area (Å²) in [5.74, 6) is 0.573. The molecule has 1 aliphatic heterocycles. The lowest BCUT2D eigenvalue weighted by Gasteiger charge is -2.10. The molecule has 1 unspecified atom stereocenters. The summed E-state index contributed by atoms with van der Waals surface area (Å²) in [5, 5.41) is 3.07. The molecule has 0 spiro atoms. The molecule has 0 saturated carbocycles. The molecule has 7 nitrogen and oxygen atoms in total. The summed E-state index contributed by atoms with van der Waals surface area (Å²) < 4.78 is 11.1. The Balaban J connectivity index is 1.21. The van der Waals surface area contributed by atoms with Gasteiger partial charge in [-0.1, -0.05) is 48.2 Å². The molecule has 1 aliphatic rings. The van der Waals surface area contributed by atoms with E-state index in [1.807, 2.05) is 42.5 Å². The number of carbonyl (C=O) groups excluding carboxylic acids is 2. The Kier molecular flexibility index (Phi) is 5.97. The molecule has 1 N–H and O–H groups in total. The number of aliphatic imine (C=N–C) groups is 1. The molecule has 0 aliphatic carbocycles. The Morgan fingerprint density at radius 3 is 2.44 bits per heavy atom. The van der Waals surface area contributed by atoms with E-state index in [0.29, 0.717) is 22.8 Å². The second kappa shape index (κ2) is 9.36. The van der Waals surface area contributed by atoms with Crippen LogP contribution in [0.3, 0.4) is 0 Å². The molecule has 34 heavy (non-hydrogen) atoms. The first-order valence-corrected chi connectivity index (χ1v) is 11.4. The van der Waals surface area contributed by atoms with Crippen molar-refractivity contribution in [2.75, 3.05) is 5.32 Å². The van der Waals surface area contributed by atoms with Crippen LogP contribution >= 0.6 is 11.8 Å². The number of anilines is 1. The zero-order chi connectivity index (χ0) is 23.5. The van der Waals surface area contributed by atoms with Crippen LogP contribution in [0.5, 0.6) is 11.5 Å². The van der Waals surface area contributed by atoms with Gasteiger partial charge in [-0.2, -0.15) is 0 Å². The number of amides is 2. The van der Waals surface area contributed by atoms with Gasteiger partial charge < -0.3 is 14.5 Å². The van der Waals surface area contributed by atoms with E-state index in [-0.39, 0.29) is 22.9 Å². The summed E-state index contributed by atoms with van der Waals surface area (Å²) in [5.41, 5.74) is 0.689. The zero-order valence-electron chi connectivity index (χ0n) is 17.8. The Bertz CT molecular complexity index is 1460. The van der Waals surface area contributed by atoms with Crippen molar-refractivity contribution >= 4 is 45.3 Å². The van der Waals surface area contributed by atoms with Gasteiger partial charge in [0.15, 0.2) is 0 Å². The molecule has 3 aromatic carbocycles. The molecule has 5 rings (SSSR count). The van der Waals surface area contributed by atoms with Crippen LogP contribution in [-0.2, 0) is 9.59 Å². The van der Waals surface area contributed by atoms with Crippen LogP contribution in [0, 0.1) is 0 Å². The normalized spacial score (nSPS) is 15.2. The number of fused-ring (bicyclic) bond motifs is 1. The smallest absolute Gasteiger partial charge is 0.346 e. The van der Waals surface area contributed by atoms with Gasteiger partial charge in [-0.25, -0.2) is 9.79 Å². The van der Waals surface area contributed by atoms with Crippen molar-refractivity contribution in [3.05, 3.63) is 101 Å². The molecule has 2 amide bonds. The van der Waals surface area contributed by atoms with Crippen molar-refractivity contribution in [2.24, 2.45) is 4.99 Å². The average Bonchev–Trinajstić information content (AvgIpc) is 3.20. The predicted molar refractivity (Wildman–Crippen MR) is 132 cm³/mol.